The zero-order valence-corrected chi connectivity index (χ0v) is 11.4. The third-order valence-corrected chi connectivity index (χ3v) is 3.86. The number of pyridine rings is 1. The highest BCUT2D eigenvalue weighted by Crippen LogP contribution is 2.25. The van der Waals surface area contributed by atoms with Gasteiger partial charge in [-0.25, -0.2) is 4.98 Å². The average molecular weight is 293 g/mol. The van der Waals surface area contributed by atoms with Crippen LogP contribution in [-0.4, -0.2) is 15.8 Å². The van der Waals surface area contributed by atoms with E-state index in [0.29, 0.717) is 23.7 Å². The molecule has 3 nitrogen and oxygen atoms in total. The minimum atomic E-state index is -0.0812. The molecule has 2 aromatic rings. The van der Waals surface area contributed by atoms with Gasteiger partial charge in [0.05, 0.1) is 10.6 Å². The van der Waals surface area contributed by atoms with Gasteiger partial charge < -0.3 is 4.90 Å². The fourth-order valence-electron chi connectivity index (χ4n) is 2.20. The van der Waals surface area contributed by atoms with E-state index in [-0.39, 0.29) is 11.1 Å². The van der Waals surface area contributed by atoms with Crippen molar-refractivity contribution in [2.45, 2.75) is 13.1 Å². The molecule has 1 aromatic heterocycles. The Kier molecular flexibility index (Phi) is 3.17. The molecule has 0 bridgehead atoms. The fraction of sp³-hybridized carbons (Fsp3) is 0.143. The van der Waals surface area contributed by atoms with E-state index in [2.05, 4.69) is 4.98 Å². The van der Waals surface area contributed by atoms with Gasteiger partial charge in [-0.2, -0.15) is 0 Å². The maximum atomic E-state index is 12.4. The van der Waals surface area contributed by atoms with Crippen molar-refractivity contribution in [2.24, 2.45) is 0 Å². The van der Waals surface area contributed by atoms with E-state index in [4.69, 9.17) is 23.2 Å². The van der Waals surface area contributed by atoms with Crippen LogP contribution >= 0.6 is 23.2 Å². The first-order valence-electron chi connectivity index (χ1n) is 5.82. The standard InChI is InChI=1S/C14H10Cl2N2O/c15-12-5-11(6-17-13(12)16)14(19)18-7-9-3-1-2-4-10(9)8-18/h1-6H,7-8H2. The van der Waals surface area contributed by atoms with Gasteiger partial charge in [-0.05, 0) is 17.2 Å². The number of benzene rings is 1. The van der Waals surface area contributed by atoms with E-state index in [0.717, 1.165) is 0 Å². The van der Waals surface area contributed by atoms with Gasteiger partial charge in [-0.1, -0.05) is 47.5 Å². The number of fused-ring (bicyclic) bond motifs is 1. The molecule has 1 aliphatic rings. The number of aromatic nitrogens is 1. The molecule has 0 N–H and O–H groups in total. The third kappa shape index (κ3) is 2.31. The van der Waals surface area contributed by atoms with E-state index >= 15 is 0 Å². The van der Waals surface area contributed by atoms with Crippen molar-refractivity contribution < 1.29 is 4.79 Å². The van der Waals surface area contributed by atoms with E-state index in [1.54, 1.807) is 11.0 Å². The second kappa shape index (κ2) is 4.83. The molecule has 1 aliphatic heterocycles. The zero-order chi connectivity index (χ0) is 13.4. The quantitative estimate of drug-likeness (QED) is 0.753. The lowest BCUT2D eigenvalue weighted by Crippen LogP contribution is -2.25. The topological polar surface area (TPSA) is 33.2 Å². The minimum absolute atomic E-state index is 0.0812. The van der Waals surface area contributed by atoms with Crippen LogP contribution in [0, 0.1) is 0 Å². The molecular formula is C14H10Cl2N2O. The number of halogens is 2. The first-order valence-corrected chi connectivity index (χ1v) is 6.58. The van der Waals surface area contributed by atoms with Gasteiger partial charge in [0.15, 0.2) is 0 Å². The molecular weight excluding hydrogens is 283 g/mol. The summed E-state index contributed by atoms with van der Waals surface area (Å²) in [5.74, 6) is -0.0812. The van der Waals surface area contributed by atoms with Gasteiger partial charge in [0, 0.05) is 19.3 Å². The lowest BCUT2D eigenvalue weighted by Gasteiger charge is -2.15. The van der Waals surface area contributed by atoms with E-state index in [9.17, 15) is 4.79 Å². The normalized spacial score (nSPS) is 13.5. The number of hydrogen-bond donors (Lipinski definition) is 0. The molecule has 0 saturated carbocycles. The Morgan fingerprint density at radius 3 is 2.37 bits per heavy atom. The van der Waals surface area contributed by atoms with Crippen molar-refractivity contribution in [2.75, 3.05) is 0 Å². The summed E-state index contributed by atoms with van der Waals surface area (Å²) in [6.07, 6.45) is 1.46. The molecule has 0 unspecified atom stereocenters. The lowest BCUT2D eigenvalue weighted by molar-refractivity contribution is 0.0751. The Balaban J connectivity index is 1.85. The summed E-state index contributed by atoms with van der Waals surface area (Å²) in [4.78, 5) is 18.0. The van der Waals surface area contributed by atoms with Gasteiger partial charge in [0.1, 0.15) is 5.15 Å². The van der Waals surface area contributed by atoms with Crippen molar-refractivity contribution in [1.82, 2.24) is 9.88 Å². The average Bonchev–Trinajstić information content (AvgIpc) is 2.85. The predicted octanol–water partition coefficient (Wildman–Crippen LogP) is 3.54. The third-order valence-electron chi connectivity index (χ3n) is 3.17. The van der Waals surface area contributed by atoms with Crippen molar-refractivity contribution in [1.29, 1.82) is 0 Å². The van der Waals surface area contributed by atoms with E-state index in [1.165, 1.54) is 17.3 Å². The molecule has 1 aromatic carbocycles. The maximum absolute atomic E-state index is 12.4. The molecule has 5 heteroatoms. The predicted molar refractivity (Wildman–Crippen MR) is 74.3 cm³/mol. The van der Waals surface area contributed by atoms with Crippen LogP contribution < -0.4 is 0 Å². The van der Waals surface area contributed by atoms with Crippen LogP contribution in [-0.2, 0) is 13.1 Å². The number of nitrogens with zero attached hydrogens (tertiary/aromatic N) is 2. The van der Waals surface area contributed by atoms with Gasteiger partial charge >= 0.3 is 0 Å². The number of amides is 1. The molecule has 0 radical (unpaired) electrons. The minimum Gasteiger partial charge on any atom is -0.330 e. The molecule has 3 rings (SSSR count). The van der Waals surface area contributed by atoms with Crippen LogP contribution in [0.5, 0.6) is 0 Å². The molecule has 19 heavy (non-hydrogen) atoms. The van der Waals surface area contributed by atoms with Crippen molar-refractivity contribution in [3.05, 3.63) is 63.4 Å². The van der Waals surface area contributed by atoms with E-state index in [1.807, 2.05) is 24.3 Å². The first-order chi connectivity index (χ1) is 9.15. The van der Waals surface area contributed by atoms with Gasteiger partial charge in [0.25, 0.3) is 5.91 Å². The summed E-state index contributed by atoms with van der Waals surface area (Å²) < 4.78 is 0. The molecule has 1 amide bonds. The lowest BCUT2D eigenvalue weighted by atomic mass is 10.1. The highest BCUT2D eigenvalue weighted by Gasteiger charge is 2.24. The fourth-order valence-corrected chi connectivity index (χ4v) is 2.47. The molecule has 0 spiro atoms. The van der Waals surface area contributed by atoms with Crippen LogP contribution in [0.4, 0.5) is 0 Å². The molecule has 0 saturated heterocycles. The maximum Gasteiger partial charge on any atom is 0.256 e. The largest absolute Gasteiger partial charge is 0.330 e. The zero-order valence-electron chi connectivity index (χ0n) is 9.94. The highest BCUT2D eigenvalue weighted by molar-refractivity contribution is 6.41. The SMILES string of the molecule is O=C(c1cnc(Cl)c(Cl)c1)N1Cc2ccccc2C1. The summed E-state index contributed by atoms with van der Waals surface area (Å²) in [6, 6.07) is 9.59. The Bertz CT molecular complexity index is 633. The van der Waals surface area contributed by atoms with Crippen LogP contribution in [0.25, 0.3) is 0 Å². The first kappa shape index (κ1) is 12.5. The van der Waals surface area contributed by atoms with Crippen LogP contribution in [0.1, 0.15) is 21.5 Å². The summed E-state index contributed by atoms with van der Waals surface area (Å²) in [6.45, 7) is 1.24. The number of carbonyl (C=O) groups excluding carboxylic acids is 1. The Labute approximate surface area is 120 Å². The number of carbonyl (C=O) groups is 1. The van der Waals surface area contributed by atoms with Crippen molar-refractivity contribution in [3.8, 4) is 0 Å². The summed E-state index contributed by atoms with van der Waals surface area (Å²) in [5, 5.41) is 0.507. The molecule has 0 aliphatic carbocycles. The second-order valence-corrected chi connectivity index (χ2v) is 5.19. The Hall–Kier alpha value is -1.58. The molecule has 96 valence electrons. The smallest absolute Gasteiger partial charge is 0.256 e. The summed E-state index contributed by atoms with van der Waals surface area (Å²) in [5.41, 5.74) is 2.83. The molecule has 2 heterocycles. The number of hydrogen-bond acceptors (Lipinski definition) is 2. The Morgan fingerprint density at radius 2 is 1.79 bits per heavy atom. The second-order valence-electron chi connectivity index (χ2n) is 4.43. The van der Waals surface area contributed by atoms with E-state index < -0.39 is 0 Å². The van der Waals surface area contributed by atoms with Gasteiger partial charge in [-0.15, -0.1) is 0 Å². The monoisotopic (exact) mass is 292 g/mol. The van der Waals surface area contributed by atoms with Crippen LogP contribution in [0.2, 0.25) is 10.2 Å². The highest BCUT2D eigenvalue weighted by atomic mass is 35.5. The number of rotatable bonds is 1. The van der Waals surface area contributed by atoms with Crippen LogP contribution in [0.3, 0.4) is 0 Å². The molecule has 0 atom stereocenters. The molecule has 0 fully saturated rings. The Morgan fingerprint density at radius 1 is 1.16 bits per heavy atom. The van der Waals surface area contributed by atoms with Gasteiger partial charge in [-0.3, -0.25) is 4.79 Å². The van der Waals surface area contributed by atoms with Crippen LogP contribution in [0.15, 0.2) is 36.5 Å². The van der Waals surface area contributed by atoms with Crippen molar-refractivity contribution in [3.63, 3.8) is 0 Å². The van der Waals surface area contributed by atoms with Crippen molar-refractivity contribution >= 4 is 29.1 Å². The summed E-state index contributed by atoms with van der Waals surface area (Å²) >= 11 is 11.6. The summed E-state index contributed by atoms with van der Waals surface area (Å²) in [7, 11) is 0. The van der Waals surface area contributed by atoms with Gasteiger partial charge in [0.2, 0.25) is 0 Å².